The zero-order valence-electron chi connectivity index (χ0n) is 10.7. The molecule has 1 saturated heterocycles. The van der Waals surface area contributed by atoms with E-state index in [1.54, 1.807) is 17.0 Å². The molecule has 1 aliphatic rings. The summed E-state index contributed by atoms with van der Waals surface area (Å²) in [6.07, 6.45) is 0.538. The number of nitrogens with zero attached hydrogens (tertiary/aromatic N) is 1. The van der Waals surface area contributed by atoms with Gasteiger partial charge in [-0.3, -0.25) is 4.90 Å². The minimum atomic E-state index is -0.458. The smallest absolute Gasteiger partial charge is 0.410 e. The number of halogens is 1. The molecule has 0 saturated carbocycles. The van der Waals surface area contributed by atoms with E-state index < -0.39 is 6.67 Å². The third kappa shape index (κ3) is 2.47. The first-order chi connectivity index (χ1) is 8.65. The van der Waals surface area contributed by atoms with Gasteiger partial charge in [0.05, 0.1) is 6.04 Å². The van der Waals surface area contributed by atoms with Crippen molar-refractivity contribution in [2.45, 2.75) is 45.6 Å². The largest absolute Gasteiger partial charge is 0.444 e. The molecule has 2 rings (SSSR count). The monoisotopic (exact) mass is 251 g/mol. The summed E-state index contributed by atoms with van der Waals surface area (Å²) in [5.74, 6) is 0. The van der Waals surface area contributed by atoms with Gasteiger partial charge in [0.1, 0.15) is 12.8 Å². The van der Waals surface area contributed by atoms with Crippen molar-refractivity contribution in [2.75, 3.05) is 0 Å². The maximum absolute atomic E-state index is 12.4. The highest BCUT2D eigenvalue weighted by molar-refractivity contribution is 5.70. The lowest BCUT2D eigenvalue weighted by molar-refractivity contribution is 0.128. The normalized spacial score (nSPS) is 23.3. The molecule has 0 radical (unpaired) electrons. The van der Waals surface area contributed by atoms with Crippen LogP contribution in [-0.4, -0.2) is 23.1 Å². The minimum Gasteiger partial charge on any atom is -0.444 e. The topological polar surface area (TPSA) is 29.5 Å². The van der Waals surface area contributed by atoms with Gasteiger partial charge >= 0.3 is 6.09 Å². The number of carbonyl (C=O) groups is 1. The maximum atomic E-state index is 12.4. The van der Waals surface area contributed by atoms with Gasteiger partial charge in [0.25, 0.3) is 0 Å². The van der Waals surface area contributed by atoms with Crippen molar-refractivity contribution in [2.24, 2.45) is 0 Å². The standard InChI is InChI=1S/C14H18FNO2/c1-3-13-10(2)16(14(17)18-13)9-12-6-4-11(8-15)5-7-12/h4-7,10,13H,3,8-9H2,1-2H3/t10-,13-/m1/s1. The first-order valence-electron chi connectivity index (χ1n) is 6.26. The third-order valence-corrected chi connectivity index (χ3v) is 3.45. The van der Waals surface area contributed by atoms with E-state index in [4.69, 9.17) is 4.74 Å². The summed E-state index contributed by atoms with van der Waals surface area (Å²) in [5.41, 5.74) is 1.65. The molecule has 4 heteroatoms. The fourth-order valence-corrected chi connectivity index (χ4v) is 2.23. The summed E-state index contributed by atoms with van der Waals surface area (Å²) in [7, 11) is 0. The van der Waals surface area contributed by atoms with Crippen LogP contribution in [0.1, 0.15) is 31.4 Å². The van der Waals surface area contributed by atoms with E-state index in [-0.39, 0.29) is 18.2 Å². The second kappa shape index (κ2) is 5.38. The van der Waals surface area contributed by atoms with Gasteiger partial charge in [0, 0.05) is 6.54 Å². The van der Waals surface area contributed by atoms with E-state index in [0.717, 1.165) is 12.0 Å². The number of cyclic esters (lactones) is 1. The Morgan fingerprint density at radius 1 is 1.28 bits per heavy atom. The molecule has 0 N–H and O–H groups in total. The first-order valence-corrected chi connectivity index (χ1v) is 6.26. The van der Waals surface area contributed by atoms with Gasteiger partial charge in [-0.2, -0.15) is 0 Å². The molecule has 98 valence electrons. The number of rotatable bonds is 4. The molecule has 0 aromatic heterocycles. The van der Waals surface area contributed by atoms with E-state index in [9.17, 15) is 9.18 Å². The molecule has 0 aliphatic carbocycles. The van der Waals surface area contributed by atoms with Crippen LogP contribution in [0.5, 0.6) is 0 Å². The van der Waals surface area contributed by atoms with E-state index in [2.05, 4.69) is 0 Å². The third-order valence-electron chi connectivity index (χ3n) is 3.45. The number of hydrogen-bond donors (Lipinski definition) is 0. The Balaban J connectivity index is 2.06. The number of ether oxygens (including phenoxy) is 1. The van der Waals surface area contributed by atoms with Crippen LogP contribution in [0.2, 0.25) is 0 Å². The van der Waals surface area contributed by atoms with Crippen LogP contribution in [-0.2, 0) is 18.0 Å². The summed E-state index contributed by atoms with van der Waals surface area (Å²) in [5, 5.41) is 0. The lowest BCUT2D eigenvalue weighted by Crippen LogP contribution is -2.33. The molecular weight excluding hydrogens is 233 g/mol. The lowest BCUT2D eigenvalue weighted by atomic mass is 10.1. The highest BCUT2D eigenvalue weighted by Crippen LogP contribution is 2.23. The molecule has 0 unspecified atom stereocenters. The predicted molar refractivity (Wildman–Crippen MR) is 66.8 cm³/mol. The average molecular weight is 251 g/mol. The molecule has 1 aromatic carbocycles. The Labute approximate surface area is 107 Å². The molecule has 0 spiro atoms. The Morgan fingerprint density at radius 2 is 1.89 bits per heavy atom. The SMILES string of the molecule is CC[C@H]1OC(=O)N(Cc2ccc(CF)cc2)[C@@H]1C. The van der Waals surface area contributed by atoms with Crippen molar-refractivity contribution >= 4 is 6.09 Å². The van der Waals surface area contributed by atoms with Crippen LogP contribution in [0.3, 0.4) is 0 Å². The van der Waals surface area contributed by atoms with Gasteiger partial charge in [-0.1, -0.05) is 31.2 Å². The fraction of sp³-hybridized carbons (Fsp3) is 0.500. The van der Waals surface area contributed by atoms with E-state index in [1.165, 1.54) is 0 Å². The molecule has 1 aromatic rings. The Bertz CT molecular complexity index is 418. The molecule has 18 heavy (non-hydrogen) atoms. The molecule has 2 atom stereocenters. The van der Waals surface area contributed by atoms with Crippen LogP contribution in [0.4, 0.5) is 9.18 Å². The second-order valence-corrected chi connectivity index (χ2v) is 4.65. The van der Waals surface area contributed by atoms with Gasteiger partial charge in [-0.05, 0) is 24.5 Å². The van der Waals surface area contributed by atoms with Crippen molar-refractivity contribution in [3.63, 3.8) is 0 Å². The van der Waals surface area contributed by atoms with Crippen molar-refractivity contribution in [1.82, 2.24) is 4.90 Å². The fourth-order valence-electron chi connectivity index (χ4n) is 2.23. The van der Waals surface area contributed by atoms with E-state index in [0.29, 0.717) is 12.1 Å². The summed E-state index contributed by atoms with van der Waals surface area (Å²) in [6, 6.07) is 7.29. The van der Waals surface area contributed by atoms with Gasteiger partial charge in [0.15, 0.2) is 0 Å². The molecule has 1 aliphatic heterocycles. The predicted octanol–water partition coefficient (Wildman–Crippen LogP) is 3.28. The molecular formula is C14H18FNO2. The maximum Gasteiger partial charge on any atom is 0.410 e. The van der Waals surface area contributed by atoms with Crippen LogP contribution in [0.25, 0.3) is 0 Å². The minimum absolute atomic E-state index is 0.0254. The van der Waals surface area contributed by atoms with Gasteiger partial charge in [0.2, 0.25) is 0 Å². The van der Waals surface area contributed by atoms with Crippen molar-refractivity contribution < 1.29 is 13.9 Å². The number of amides is 1. The van der Waals surface area contributed by atoms with Gasteiger partial charge in [-0.25, -0.2) is 9.18 Å². The van der Waals surface area contributed by atoms with Crippen LogP contribution in [0, 0.1) is 0 Å². The van der Waals surface area contributed by atoms with Crippen LogP contribution >= 0.6 is 0 Å². The summed E-state index contributed by atoms with van der Waals surface area (Å²) >= 11 is 0. The first kappa shape index (κ1) is 12.9. The second-order valence-electron chi connectivity index (χ2n) is 4.65. The Hall–Kier alpha value is -1.58. The van der Waals surface area contributed by atoms with Crippen LogP contribution < -0.4 is 0 Å². The zero-order chi connectivity index (χ0) is 13.1. The Kier molecular flexibility index (Phi) is 3.84. The number of alkyl halides is 1. The highest BCUT2D eigenvalue weighted by Gasteiger charge is 2.37. The van der Waals surface area contributed by atoms with Crippen LogP contribution in [0.15, 0.2) is 24.3 Å². The quantitative estimate of drug-likeness (QED) is 0.822. The molecule has 1 amide bonds. The zero-order valence-corrected chi connectivity index (χ0v) is 10.7. The van der Waals surface area contributed by atoms with Gasteiger partial charge in [-0.15, -0.1) is 0 Å². The summed E-state index contributed by atoms with van der Waals surface area (Å²) in [4.78, 5) is 13.4. The van der Waals surface area contributed by atoms with Crippen molar-refractivity contribution in [1.29, 1.82) is 0 Å². The Morgan fingerprint density at radius 3 is 2.39 bits per heavy atom. The number of hydrogen-bond acceptors (Lipinski definition) is 2. The average Bonchev–Trinajstić information content (AvgIpc) is 2.67. The van der Waals surface area contributed by atoms with Gasteiger partial charge < -0.3 is 4.74 Å². The molecule has 3 nitrogen and oxygen atoms in total. The van der Waals surface area contributed by atoms with E-state index >= 15 is 0 Å². The lowest BCUT2D eigenvalue weighted by Gasteiger charge is -2.20. The number of benzene rings is 1. The summed E-state index contributed by atoms with van der Waals surface area (Å²) in [6.45, 7) is 4.06. The van der Waals surface area contributed by atoms with Crippen molar-refractivity contribution in [3.05, 3.63) is 35.4 Å². The molecule has 0 bridgehead atoms. The molecule has 1 heterocycles. The number of carbonyl (C=O) groups excluding carboxylic acids is 1. The highest BCUT2D eigenvalue weighted by atomic mass is 19.1. The van der Waals surface area contributed by atoms with E-state index in [1.807, 2.05) is 26.0 Å². The summed E-state index contributed by atoms with van der Waals surface area (Å²) < 4.78 is 17.7. The van der Waals surface area contributed by atoms with Crippen molar-refractivity contribution in [3.8, 4) is 0 Å². The molecule has 1 fully saturated rings.